The molecule has 1 atom stereocenters. The monoisotopic (exact) mass is 441 g/mol. The molecule has 1 aliphatic rings. The van der Waals surface area contributed by atoms with Crippen LogP contribution >= 0.6 is 0 Å². The third-order valence-corrected chi connectivity index (χ3v) is 4.79. The van der Waals surface area contributed by atoms with Gasteiger partial charge in [0.2, 0.25) is 0 Å². The summed E-state index contributed by atoms with van der Waals surface area (Å²) in [5.41, 5.74) is -11.1. The molecule has 0 radical (unpaired) electrons. The average molecular weight is 441 g/mol. The summed E-state index contributed by atoms with van der Waals surface area (Å²) in [6.45, 7) is 0.305. The second-order valence-electron chi connectivity index (χ2n) is 6.78. The number of hydrogen-bond acceptors (Lipinski definition) is 2. The van der Waals surface area contributed by atoms with Crippen molar-refractivity contribution in [2.75, 3.05) is 0 Å². The molecule has 1 unspecified atom stereocenters. The Kier molecular flexibility index (Phi) is 4.77. The summed E-state index contributed by atoms with van der Waals surface area (Å²) >= 11 is 0. The Morgan fingerprint density at radius 1 is 0.793 bits per heavy atom. The molecule has 0 aliphatic heterocycles. The van der Waals surface area contributed by atoms with E-state index in [9.17, 15) is 53.4 Å². The van der Waals surface area contributed by atoms with Crippen LogP contribution in [0.1, 0.15) is 24.5 Å². The first kappa shape index (κ1) is 23.2. The smallest absolute Gasteiger partial charge is 0.384 e. The first-order valence-corrected chi connectivity index (χ1v) is 7.56. The van der Waals surface area contributed by atoms with Crippen LogP contribution in [0.2, 0.25) is 0 Å². The molecule has 2 rings (SSSR count). The van der Waals surface area contributed by atoms with Crippen LogP contribution in [0.15, 0.2) is 24.3 Å². The largest absolute Gasteiger partial charge is 0.385 e. The highest BCUT2D eigenvalue weighted by atomic mass is 19.4. The molecule has 0 amide bonds. The van der Waals surface area contributed by atoms with E-state index in [1.54, 1.807) is 0 Å². The van der Waals surface area contributed by atoms with Gasteiger partial charge in [-0.25, -0.2) is 4.39 Å². The van der Waals surface area contributed by atoms with Gasteiger partial charge in [-0.05, 0) is 13.0 Å². The van der Waals surface area contributed by atoms with E-state index in [-0.39, 0.29) is 0 Å². The molecular weight excluding hydrogens is 431 g/mol. The summed E-state index contributed by atoms with van der Waals surface area (Å²) < 4.78 is 151. The average Bonchev–Trinajstić information content (AvgIpc) is 2.59. The molecule has 0 aromatic heterocycles. The number of nitrogens with zero attached hydrogens (tertiary/aromatic N) is 1. The lowest BCUT2D eigenvalue weighted by molar-refractivity contribution is -0.488. The van der Waals surface area contributed by atoms with Crippen molar-refractivity contribution < 1.29 is 53.4 Å². The van der Waals surface area contributed by atoms with Crippen molar-refractivity contribution in [1.82, 2.24) is 0 Å². The molecular formula is C16H10F11NO. The van der Waals surface area contributed by atoms with E-state index in [4.69, 9.17) is 5.26 Å². The van der Waals surface area contributed by atoms with Gasteiger partial charge < -0.3 is 5.11 Å². The number of hydrogen-bond donors (Lipinski definition) is 1. The van der Waals surface area contributed by atoms with Crippen LogP contribution in [-0.2, 0) is 5.60 Å². The third kappa shape index (κ3) is 2.50. The summed E-state index contributed by atoms with van der Waals surface area (Å²) in [5.74, 6) is -35.9. The van der Waals surface area contributed by atoms with Crippen molar-refractivity contribution in [3.8, 4) is 6.07 Å². The third-order valence-electron chi connectivity index (χ3n) is 4.79. The molecule has 162 valence electrons. The fourth-order valence-corrected chi connectivity index (χ4v) is 3.13. The molecule has 29 heavy (non-hydrogen) atoms. The van der Waals surface area contributed by atoms with Gasteiger partial charge in [-0.3, -0.25) is 0 Å². The van der Waals surface area contributed by atoms with Crippen molar-refractivity contribution in [1.29, 1.82) is 5.26 Å². The summed E-state index contributed by atoms with van der Waals surface area (Å²) in [6, 6.07) is 5.12. The van der Waals surface area contributed by atoms with Crippen molar-refractivity contribution in [3.63, 3.8) is 0 Å². The minimum absolute atomic E-state index is 0.305. The summed E-state index contributed by atoms with van der Waals surface area (Å²) in [7, 11) is 0. The van der Waals surface area contributed by atoms with E-state index < -0.39 is 58.4 Å². The van der Waals surface area contributed by atoms with Gasteiger partial charge in [0.1, 0.15) is 0 Å². The van der Waals surface area contributed by atoms with E-state index in [1.165, 1.54) is 6.07 Å². The van der Waals surface area contributed by atoms with Crippen LogP contribution in [0, 0.1) is 11.3 Å². The van der Waals surface area contributed by atoms with Crippen LogP contribution in [-0.4, -0.2) is 40.4 Å². The number of aliphatic hydroxyl groups is 1. The van der Waals surface area contributed by atoms with Gasteiger partial charge in [0.15, 0.2) is 0 Å². The number of halogens is 11. The predicted octanol–water partition coefficient (Wildman–Crippen LogP) is 5.05. The normalized spacial score (nSPS) is 27.4. The van der Waals surface area contributed by atoms with Crippen molar-refractivity contribution in [2.45, 2.75) is 54.2 Å². The Morgan fingerprint density at radius 2 is 1.17 bits per heavy atom. The van der Waals surface area contributed by atoms with E-state index in [0.29, 0.717) is 6.92 Å². The molecule has 1 aromatic rings. The highest BCUT2D eigenvalue weighted by molar-refractivity contribution is 5.41. The summed E-state index contributed by atoms with van der Waals surface area (Å²) in [5, 5.41) is 19.1. The number of nitriles is 1. The van der Waals surface area contributed by atoms with Crippen LogP contribution in [0.5, 0.6) is 0 Å². The molecule has 1 fully saturated rings. The maximum Gasteiger partial charge on any atom is 0.384 e. The van der Waals surface area contributed by atoms with Gasteiger partial charge in [0.25, 0.3) is 5.67 Å². The van der Waals surface area contributed by atoms with Crippen LogP contribution in [0.4, 0.5) is 48.3 Å². The molecule has 1 aromatic carbocycles. The Hall–Kier alpha value is -2.10. The molecule has 1 aliphatic carbocycles. The number of alkyl halides is 11. The number of rotatable bonds is 3. The molecule has 13 heteroatoms. The second-order valence-corrected chi connectivity index (χ2v) is 6.78. The van der Waals surface area contributed by atoms with Crippen molar-refractivity contribution in [3.05, 3.63) is 35.4 Å². The van der Waals surface area contributed by atoms with E-state index >= 15 is 0 Å². The Balaban J connectivity index is 2.76. The quantitative estimate of drug-likeness (QED) is 0.667. The first-order valence-electron chi connectivity index (χ1n) is 7.56. The SMILES string of the molecule is CC(O)(CC1(F)C(F)(F)C(F)(F)C(F)(F)C(F)(F)C1(F)F)c1ccccc1C#N. The van der Waals surface area contributed by atoms with Gasteiger partial charge in [-0.1, -0.05) is 18.2 Å². The second kappa shape index (κ2) is 5.96. The Morgan fingerprint density at radius 3 is 1.59 bits per heavy atom. The van der Waals surface area contributed by atoms with Crippen molar-refractivity contribution in [2.24, 2.45) is 0 Å². The van der Waals surface area contributed by atoms with Crippen molar-refractivity contribution >= 4 is 0 Å². The lowest BCUT2D eigenvalue weighted by Gasteiger charge is -2.53. The Bertz CT molecular complexity index is 827. The van der Waals surface area contributed by atoms with E-state index in [0.717, 1.165) is 24.3 Å². The van der Waals surface area contributed by atoms with E-state index in [1.807, 2.05) is 0 Å². The van der Waals surface area contributed by atoms with Gasteiger partial charge in [-0.15, -0.1) is 0 Å². The standard InChI is InChI=1S/C16H10F11NO/c1-10(29,9-5-3-2-4-8(9)6-28)7-11(17)12(18,19)14(22,23)16(26,27)15(24,25)13(11,20)21/h2-5,29H,7H2,1H3. The van der Waals surface area contributed by atoms with Crippen LogP contribution in [0.25, 0.3) is 0 Å². The van der Waals surface area contributed by atoms with Crippen LogP contribution in [0.3, 0.4) is 0 Å². The predicted molar refractivity (Wildman–Crippen MR) is 73.9 cm³/mol. The zero-order valence-corrected chi connectivity index (χ0v) is 14.1. The minimum atomic E-state index is -7.32. The lowest BCUT2D eigenvalue weighted by Crippen LogP contribution is -2.84. The maximum absolute atomic E-state index is 14.8. The number of benzene rings is 1. The molecule has 1 saturated carbocycles. The van der Waals surface area contributed by atoms with E-state index in [2.05, 4.69) is 0 Å². The zero-order valence-electron chi connectivity index (χ0n) is 14.1. The maximum atomic E-state index is 14.8. The summed E-state index contributed by atoms with van der Waals surface area (Å²) in [4.78, 5) is 0. The fraction of sp³-hybridized carbons (Fsp3) is 0.562. The fourth-order valence-electron chi connectivity index (χ4n) is 3.13. The highest BCUT2D eigenvalue weighted by Gasteiger charge is 3.01. The molecule has 1 N–H and O–H groups in total. The first-order chi connectivity index (χ1) is 12.8. The molecule has 0 spiro atoms. The van der Waals surface area contributed by atoms with Gasteiger partial charge >= 0.3 is 29.6 Å². The summed E-state index contributed by atoms with van der Waals surface area (Å²) in [6.07, 6.45) is -2.86. The molecule has 0 saturated heterocycles. The molecule has 0 bridgehead atoms. The minimum Gasteiger partial charge on any atom is -0.385 e. The van der Waals surface area contributed by atoms with Crippen LogP contribution < -0.4 is 0 Å². The van der Waals surface area contributed by atoms with Gasteiger partial charge in [0, 0.05) is 12.0 Å². The topological polar surface area (TPSA) is 44.0 Å². The molecule has 0 heterocycles. The highest BCUT2D eigenvalue weighted by Crippen LogP contribution is 2.71. The lowest BCUT2D eigenvalue weighted by atomic mass is 9.67. The van der Waals surface area contributed by atoms with Gasteiger partial charge in [-0.2, -0.15) is 49.2 Å². The van der Waals surface area contributed by atoms with Gasteiger partial charge in [0.05, 0.1) is 17.2 Å². The zero-order chi connectivity index (χ0) is 22.9. The molecule has 2 nitrogen and oxygen atoms in total. The Labute approximate surface area is 155 Å².